The van der Waals surface area contributed by atoms with Gasteiger partial charge >= 0.3 is 0 Å². The normalized spacial score (nSPS) is 19.5. The molecule has 0 radical (unpaired) electrons. The lowest BCUT2D eigenvalue weighted by atomic mass is 10.1. The Hall–Kier alpha value is -1.59. The molecule has 0 spiro atoms. The Bertz CT molecular complexity index is 439. The van der Waals surface area contributed by atoms with Gasteiger partial charge in [0, 0.05) is 25.7 Å². The van der Waals surface area contributed by atoms with Gasteiger partial charge in [-0.25, -0.2) is 0 Å². The van der Waals surface area contributed by atoms with E-state index in [9.17, 15) is 0 Å². The number of nitrogens with zero attached hydrogens (tertiary/aromatic N) is 5. The van der Waals surface area contributed by atoms with Crippen molar-refractivity contribution < 1.29 is 0 Å². The second-order valence-electron chi connectivity index (χ2n) is 5.36. The van der Waals surface area contributed by atoms with Crippen LogP contribution in [0.15, 0.2) is 0 Å². The third-order valence-electron chi connectivity index (χ3n) is 3.85. The maximum atomic E-state index is 5.86. The van der Waals surface area contributed by atoms with Crippen LogP contribution in [0.5, 0.6) is 0 Å². The molecule has 0 aromatic carbocycles. The van der Waals surface area contributed by atoms with E-state index in [1.165, 1.54) is 32.1 Å². The van der Waals surface area contributed by atoms with Crippen LogP contribution in [-0.4, -0.2) is 40.6 Å². The molecule has 0 unspecified atom stereocenters. The fraction of sp³-hybridized carbons (Fsp3) is 0.769. The first-order chi connectivity index (χ1) is 9.28. The summed E-state index contributed by atoms with van der Waals surface area (Å²) in [4.78, 5) is 17.7. The van der Waals surface area contributed by atoms with Crippen LogP contribution in [0.3, 0.4) is 0 Å². The van der Waals surface area contributed by atoms with Crippen molar-refractivity contribution in [1.82, 2.24) is 15.0 Å². The van der Waals surface area contributed by atoms with E-state index in [4.69, 9.17) is 5.73 Å². The lowest BCUT2D eigenvalue weighted by Crippen LogP contribution is -2.33. The van der Waals surface area contributed by atoms with Crippen molar-refractivity contribution in [2.45, 2.75) is 45.1 Å². The summed E-state index contributed by atoms with van der Waals surface area (Å²) in [5.74, 6) is 1.84. The molecule has 0 bridgehead atoms. The number of piperidine rings is 1. The Balaban J connectivity index is 1.86. The third kappa shape index (κ3) is 2.72. The summed E-state index contributed by atoms with van der Waals surface area (Å²) < 4.78 is 0. The smallest absolute Gasteiger partial charge is 0.232 e. The van der Waals surface area contributed by atoms with Gasteiger partial charge in [-0.1, -0.05) is 0 Å². The van der Waals surface area contributed by atoms with Crippen molar-refractivity contribution in [3.8, 4) is 0 Å². The summed E-state index contributed by atoms with van der Waals surface area (Å²) in [6, 6.07) is 0.598. The summed E-state index contributed by atoms with van der Waals surface area (Å²) in [6.45, 7) is 5.11. The van der Waals surface area contributed by atoms with E-state index in [0.29, 0.717) is 12.0 Å². The van der Waals surface area contributed by atoms with Gasteiger partial charge in [0.2, 0.25) is 17.8 Å². The molecule has 104 valence electrons. The third-order valence-corrected chi connectivity index (χ3v) is 3.85. The molecule has 1 aromatic rings. The Morgan fingerprint density at radius 3 is 2.53 bits per heavy atom. The Labute approximate surface area is 114 Å². The maximum Gasteiger partial charge on any atom is 0.232 e. The maximum absolute atomic E-state index is 5.86. The number of rotatable bonds is 4. The van der Waals surface area contributed by atoms with Crippen LogP contribution in [0.2, 0.25) is 0 Å². The topological polar surface area (TPSA) is 71.2 Å². The molecular formula is C13H22N6. The molecule has 0 amide bonds. The minimum Gasteiger partial charge on any atom is -0.368 e. The van der Waals surface area contributed by atoms with E-state index in [-0.39, 0.29) is 0 Å². The summed E-state index contributed by atoms with van der Waals surface area (Å²) in [5.41, 5.74) is 5.86. The zero-order valence-corrected chi connectivity index (χ0v) is 11.5. The largest absolute Gasteiger partial charge is 0.368 e. The zero-order chi connectivity index (χ0) is 13.2. The molecule has 1 saturated heterocycles. The van der Waals surface area contributed by atoms with E-state index in [2.05, 4.69) is 31.7 Å². The molecule has 2 fully saturated rings. The van der Waals surface area contributed by atoms with Crippen LogP contribution < -0.4 is 15.5 Å². The van der Waals surface area contributed by atoms with Crippen LogP contribution in [0.25, 0.3) is 0 Å². The standard InChI is InChI=1S/C13H22N6/c1-2-19(10-6-7-10)13-16-11(14)15-12(17-13)18-8-4-3-5-9-18/h10H,2-9H2,1H3,(H2,14,15,16,17). The first-order valence-corrected chi connectivity index (χ1v) is 7.31. The van der Waals surface area contributed by atoms with Gasteiger partial charge in [0.25, 0.3) is 0 Å². The fourth-order valence-corrected chi connectivity index (χ4v) is 2.68. The minimum absolute atomic E-state index is 0.338. The van der Waals surface area contributed by atoms with Gasteiger partial charge in [-0.05, 0) is 39.0 Å². The van der Waals surface area contributed by atoms with Gasteiger partial charge in [0.15, 0.2) is 0 Å². The van der Waals surface area contributed by atoms with Crippen molar-refractivity contribution in [1.29, 1.82) is 0 Å². The Morgan fingerprint density at radius 1 is 1.16 bits per heavy atom. The summed E-state index contributed by atoms with van der Waals surface area (Å²) in [6.07, 6.45) is 6.19. The molecule has 1 aliphatic heterocycles. The highest BCUT2D eigenvalue weighted by Crippen LogP contribution is 2.30. The molecule has 3 rings (SSSR count). The van der Waals surface area contributed by atoms with E-state index in [1.807, 2.05) is 0 Å². The predicted molar refractivity (Wildman–Crippen MR) is 76.3 cm³/mol. The zero-order valence-electron chi connectivity index (χ0n) is 11.5. The quantitative estimate of drug-likeness (QED) is 0.885. The van der Waals surface area contributed by atoms with Crippen LogP contribution in [0.1, 0.15) is 39.0 Å². The fourth-order valence-electron chi connectivity index (χ4n) is 2.68. The SMILES string of the molecule is CCN(c1nc(N)nc(N2CCCCC2)n1)C1CC1. The number of anilines is 3. The molecular weight excluding hydrogens is 240 g/mol. The predicted octanol–water partition coefficient (Wildman–Crippen LogP) is 1.43. The summed E-state index contributed by atoms with van der Waals surface area (Å²) >= 11 is 0. The van der Waals surface area contributed by atoms with Crippen molar-refractivity contribution >= 4 is 17.8 Å². The first kappa shape index (κ1) is 12.4. The van der Waals surface area contributed by atoms with E-state index >= 15 is 0 Å². The van der Waals surface area contributed by atoms with Crippen molar-refractivity contribution in [2.75, 3.05) is 35.2 Å². The highest BCUT2D eigenvalue weighted by atomic mass is 15.4. The number of hydrogen-bond acceptors (Lipinski definition) is 6. The van der Waals surface area contributed by atoms with Crippen molar-refractivity contribution in [2.24, 2.45) is 0 Å². The van der Waals surface area contributed by atoms with Crippen LogP contribution in [-0.2, 0) is 0 Å². The second kappa shape index (κ2) is 5.19. The summed E-state index contributed by atoms with van der Waals surface area (Å²) in [7, 11) is 0. The average Bonchev–Trinajstić information content (AvgIpc) is 3.25. The molecule has 2 heterocycles. The average molecular weight is 262 g/mol. The Morgan fingerprint density at radius 2 is 1.89 bits per heavy atom. The highest BCUT2D eigenvalue weighted by Gasteiger charge is 2.30. The van der Waals surface area contributed by atoms with Gasteiger partial charge in [0.05, 0.1) is 0 Å². The van der Waals surface area contributed by atoms with Crippen LogP contribution in [0, 0.1) is 0 Å². The highest BCUT2D eigenvalue weighted by molar-refractivity contribution is 5.45. The number of aromatic nitrogens is 3. The first-order valence-electron chi connectivity index (χ1n) is 7.31. The molecule has 2 aliphatic rings. The molecule has 6 nitrogen and oxygen atoms in total. The Kier molecular flexibility index (Phi) is 3.40. The molecule has 2 N–H and O–H groups in total. The molecule has 1 aliphatic carbocycles. The number of nitrogen functional groups attached to an aromatic ring is 1. The molecule has 19 heavy (non-hydrogen) atoms. The summed E-state index contributed by atoms with van der Waals surface area (Å²) in [5, 5.41) is 0. The molecule has 6 heteroatoms. The monoisotopic (exact) mass is 262 g/mol. The molecule has 0 atom stereocenters. The number of hydrogen-bond donors (Lipinski definition) is 1. The van der Waals surface area contributed by atoms with Gasteiger partial charge < -0.3 is 15.5 Å². The van der Waals surface area contributed by atoms with E-state index in [1.54, 1.807) is 0 Å². The van der Waals surface area contributed by atoms with Gasteiger partial charge in [0.1, 0.15) is 0 Å². The lowest BCUT2D eigenvalue weighted by Gasteiger charge is -2.28. The van der Waals surface area contributed by atoms with Crippen LogP contribution in [0.4, 0.5) is 17.8 Å². The molecule has 1 saturated carbocycles. The van der Waals surface area contributed by atoms with Crippen molar-refractivity contribution in [3.63, 3.8) is 0 Å². The van der Waals surface area contributed by atoms with Gasteiger partial charge in [-0.3, -0.25) is 0 Å². The minimum atomic E-state index is 0.338. The van der Waals surface area contributed by atoms with E-state index < -0.39 is 0 Å². The van der Waals surface area contributed by atoms with Gasteiger partial charge in [-0.2, -0.15) is 15.0 Å². The second-order valence-corrected chi connectivity index (χ2v) is 5.36. The number of nitrogens with two attached hydrogens (primary N) is 1. The van der Waals surface area contributed by atoms with Crippen LogP contribution >= 0.6 is 0 Å². The van der Waals surface area contributed by atoms with Crippen molar-refractivity contribution in [3.05, 3.63) is 0 Å². The van der Waals surface area contributed by atoms with Gasteiger partial charge in [-0.15, -0.1) is 0 Å². The molecule has 1 aromatic heterocycles. The van der Waals surface area contributed by atoms with E-state index in [0.717, 1.165) is 31.5 Å². The lowest BCUT2D eigenvalue weighted by molar-refractivity contribution is 0.567.